The van der Waals surface area contributed by atoms with Crippen LogP contribution in [0.1, 0.15) is 55.3 Å². The van der Waals surface area contributed by atoms with E-state index in [1.165, 1.54) is 12.1 Å². The summed E-state index contributed by atoms with van der Waals surface area (Å²) in [5.41, 5.74) is -0.502. The number of amides is 3. The molecule has 0 saturated carbocycles. The molecular weight excluding hydrogens is 439 g/mol. The van der Waals surface area contributed by atoms with E-state index in [2.05, 4.69) is 0 Å². The molecule has 0 radical (unpaired) electrons. The lowest BCUT2D eigenvalue weighted by Crippen LogP contribution is -2.68. The number of fused-ring (bicyclic) bond motifs is 1. The summed E-state index contributed by atoms with van der Waals surface area (Å²) >= 11 is 0. The van der Waals surface area contributed by atoms with E-state index >= 15 is 0 Å². The molecule has 2 atom stereocenters. The molecule has 3 amide bonds. The molecule has 174 valence electrons. The van der Waals surface area contributed by atoms with Crippen LogP contribution in [-0.2, 0) is 27.9 Å². The summed E-state index contributed by atoms with van der Waals surface area (Å²) in [7, 11) is -4.14. The third-order valence-electron chi connectivity index (χ3n) is 4.91. The first-order chi connectivity index (χ1) is 14.9. The van der Waals surface area contributed by atoms with Gasteiger partial charge >= 0.3 is 13.6 Å². The Morgan fingerprint density at radius 1 is 1.06 bits per heavy atom. The highest BCUT2D eigenvalue weighted by molar-refractivity contribution is 7.55. The Labute approximate surface area is 186 Å². The molecule has 1 saturated heterocycles. The Bertz CT molecular complexity index is 957. The van der Waals surface area contributed by atoms with Gasteiger partial charge in [0.1, 0.15) is 11.6 Å². The van der Waals surface area contributed by atoms with Crippen molar-refractivity contribution >= 4 is 31.3 Å². The van der Waals surface area contributed by atoms with Crippen molar-refractivity contribution in [3.8, 4) is 0 Å². The first-order valence-electron chi connectivity index (χ1n) is 10.3. The van der Waals surface area contributed by atoms with Crippen LogP contribution in [0.4, 0.5) is 0 Å². The normalized spacial score (nSPS) is 19.7. The van der Waals surface area contributed by atoms with Gasteiger partial charge in [0, 0.05) is 0 Å². The van der Waals surface area contributed by atoms with Crippen molar-refractivity contribution in [3.63, 3.8) is 0 Å². The van der Waals surface area contributed by atoms with Crippen LogP contribution >= 0.6 is 7.60 Å². The van der Waals surface area contributed by atoms with Gasteiger partial charge in [0.25, 0.3) is 11.8 Å². The molecule has 2 heterocycles. The maximum absolute atomic E-state index is 13.5. The number of ether oxygens (including phenoxy) is 1. The summed E-state index contributed by atoms with van der Waals surface area (Å²) < 4.78 is 29.5. The zero-order valence-corrected chi connectivity index (χ0v) is 19.6. The predicted octanol–water partition coefficient (Wildman–Crippen LogP) is 2.43. The summed E-state index contributed by atoms with van der Waals surface area (Å²) in [6.45, 7) is 7.81. The molecule has 0 bridgehead atoms. The number of likely N-dealkylation sites (tertiary alicyclic amines) is 1. The highest BCUT2D eigenvalue weighted by atomic mass is 31.2. The van der Waals surface area contributed by atoms with E-state index in [0.717, 1.165) is 9.80 Å². The van der Waals surface area contributed by atoms with E-state index in [1.54, 1.807) is 46.8 Å². The Kier molecular flexibility index (Phi) is 6.60. The zero-order chi connectivity index (χ0) is 23.8. The van der Waals surface area contributed by atoms with E-state index in [1.807, 2.05) is 0 Å². The number of hydrogen-bond donors (Lipinski definition) is 0. The minimum Gasteiger partial charge on any atom is -0.458 e. The molecule has 0 aliphatic carbocycles. The van der Waals surface area contributed by atoms with E-state index in [9.17, 15) is 23.7 Å². The van der Waals surface area contributed by atoms with Gasteiger partial charge in [-0.1, -0.05) is 12.1 Å². The second kappa shape index (κ2) is 8.77. The molecule has 0 N–H and O–H groups in total. The number of carbonyl (C=O) groups is 4. The van der Waals surface area contributed by atoms with E-state index in [4.69, 9.17) is 13.8 Å². The quantitative estimate of drug-likeness (QED) is 0.248. The molecule has 1 unspecified atom stereocenters. The summed E-state index contributed by atoms with van der Waals surface area (Å²) in [5, 5.41) is 0. The minimum absolute atomic E-state index is 0.0273. The van der Waals surface area contributed by atoms with E-state index in [-0.39, 0.29) is 30.9 Å². The number of imide groups is 1. The van der Waals surface area contributed by atoms with Crippen molar-refractivity contribution in [2.24, 2.45) is 0 Å². The molecule has 10 nitrogen and oxygen atoms in total. The van der Waals surface area contributed by atoms with Gasteiger partial charge in [0.05, 0.1) is 30.9 Å². The maximum Gasteiger partial charge on any atom is 0.364 e. The molecule has 2 aliphatic heterocycles. The highest BCUT2D eigenvalue weighted by Gasteiger charge is 2.58. The number of rotatable bonds is 8. The van der Waals surface area contributed by atoms with Gasteiger partial charge in [-0.2, -0.15) is 0 Å². The van der Waals surface area contributed by atoms with Crippen molar-refractivity contribution in [1.29, 1.82) is 0 Å². The van der Waals surface area contributed by atoms with Gasteiger partial charge in [-0.3, -0.25) is 23.8 Å². The van der Waals surface area contributed by atoms with Crippen LogP contribution in [0.25, 0.3) is 0 Å². The zero-order valence-electron chi connectivity index (χ0n) is 18.7. The maximum atomic E-state index is 13.5. The van der Waals surface area contributed by atoms with Gasteiger partial charge in [-0.05, 0) is 46.8 Å². The monoisotopic (exact) mass is 466 g/mol. The topological polar surface area (TPSA) is 120 Å². The van der Waals surface area contributed by atoms with Crippen LogP contribution in [0.3, 0.4) is 0 Å². The molecule has 1 aromatic carbocycles. The fourth-order valence-electron chi connectivity index (χ4n) is 3.66. The van der Waals surface area contributed by atoms with Crippen LogP contribution in [0.15, 0.2) is 24.3 Å². The molecule has 32 heavy (non-hydrogen) atoms. The fourth-order valence-corrected chi connectivity index (χ4v) is 5.59. The van der Waals surface area contributed by atoms with Gasteiger partial charge in [0.15, 0.2) is 0 Å². The predicted molar refractivity (Wildman–Crippen MR) is 113 cm³/mol. The van der Waals surface area contributed by atoms with Crippen molar-refractivity contribution in [2.45, 2.75) is 52.0 Å². The van der Waals surface area contributed by atoms with Gasteiger partial charge in [-0.15, -0.1) is 0 Å². The minimum atomic E-state index is -4.14. The van der Waals surface area contributed by atoms with Crippen molar-refractivity contribution in [2.75, 3.05) is 19.8 Å². The molecule has 1 fully saturated rings. The smallest absolute Gasteiger partial charge is 0.364 e. The molecule has 0 aromatic heterocycles. The molecule has 2 aliphatic rings. The number of β-lactam (4-membered cyclic amide) rings is 1. The Hall–Kier alpha value is -2.55. The summed E-state index contributed by atoms with van der Waals surface area (Å²) in [6.07, 6.45) is 0. The standard InChI is InChI=1S/C21H27N2O8P/c1-6-29-32(28,30-7-2)19(20(27)31-21(3,4)5)22-12-15(18(22)26)23-16(24)13-10-8-9-11-14(13)17(23)25/h8-11,15,19H,6-7,12H2,1-5H3/t15-,19?/m0/s1. The molecule has 11 heteroatoms. The van der Waals surface area contributed by atoms with E-state index < -0.39 is 48.7 Å². The summed E-state index contributed by atoms with van der Waals surface area (Å²) in [6, 6.07) is 5.16. The van der Waals surface area contributed by atoms with Gasteiger partial charge in [-0.25, -0.2) is 4.79 Å². The third kappa shape index (κ3) is 4.22. The number of carbonyl (C=O) groups excluding carboxylic acids is 4. The molecule has 3 rings (SSSR count). The van der Waals surface area contributed by atoms with E-state index in [0.29, 0.717) is 0 Å². The lowest BCUT2D eigenvalue weighted by atomic mass is 10.1. The average Bonchev–Trinajstić information content (AvgIpc) is 2.94. The van der Waals surface area contributed by atoms with Crippen LogP contribution in [0.5, 0.6) is 0 Å². The number of benzene rings is 1. The lowest BCUT2D eigenvalue weighted by molar-refractivity contribution is -0.168. The summed E-state index contributed by atoms with van der Waals surface area (Å²) in [5.74, 6) is -4.49. The molecular formula is C21H27N2O8P. The first-order valence-corrected chi connectivity index (χ1v) is 12.0. The van der Waals surface area contributed by atoms with Crippen LogP contribution in [0, 0.1) is 0 Å². The number of esters is 1. The number of hydrogen-bond acceptors (Lipinski definition) is 8. The van der Waals surface area contributed by atoms with Crippen LogP contribution in [0.2, 0.25) is 0 Å². The first kappa shape index (κ1) is 24.1. The van der Waals surface area contributed by atoms with Crippen molar-refractivity contribution in [1.82, 2.24) is 9.80 Å². The summed E-state index contributed by atoms with van der Waals surface area (Å²) in [4.78, 5) is 53.4. The SMILES string of the molecule is CCOP(=O)(OCC)C(C(=O)OC(C)(C)C)N1C[C@H](N2C(=O)c3ccccc3C2=O)C1=O. The highest BCUT2D eigenvalue weighted by Crippen LogP contribution is 2.56. The second-order valence-electron chi connectivity index (χ2n) is 8.31. The van der Waals surface area contributed by atoms with Gasteiger partial charge < -0.3 is 18.7 Å². The third-order valence-corrected chi connectivity index (χ3v) is 7.23. The Morgan fingerprint density at radius 2 is 1.56 bits per heavy atom. The van der Waals surface area contributed by atoms with Gasteiger partial charge in [0.2, 0.25) is 11.7 Å². The Balaban J connectivity index is 1.89. The van der Waals surface area contributed by atoms with Crippen LogP contribution in [-0.4, -0.2) is 70.7 Å². The fraction of sp³-hybridized carbons (Fsp3) is 0.524. The lowest BCUT2D eigenvalue weighted by Gasteiger charge is -2.46. The van der Waals surface area contributed by atoms with Crippen molar-refractivity contribution < 1.29 is 37.5 Å². The molecule has 1 aromatic rings. The Morgan fingerprint density at radius 3 is 1.97 bits per heavy atom. The average molecular weight is 466 g/mol. The number of nitrogens with zero attached hydrogens (tertiary/aromatic N) is 2. The van der Waals surface area contributed by atoms with Crippen LogP contribution < -0.4 is 0 Å². The second-order valence-corrected chi connectivity index (χ2v) is 10.4. The largest absolute Gasteiger partial charge is 0.458 e. The molecule has 0 spiro atoms. The van der Waals surface area contributed by atoms with Crippen molar-refractivity contribution in [3.05, 3.63) is 35.4 Å².